The average Bonchev–Trinajstić information content (AvgIpc) is 3.12. The van der Waals surface area contributed by atoms with Crippen LogP contribution in [-0.4, -0.2) is 40.6 Å². The van der Waals surface area contributed by atoms with Crippen molar-refractivity contribution in [2.24, 2.45) is 0 Å². The number of hydrogen-bond donors (Lipinski definition) is 1. The number of amides is 2. The SMILES string of the molecule is CCCC(CCC)N(C(=O)Nc1nc(C(=O)OCC)cs1)C1CCCCC1. The fraction of sp³-hybridized carbons (Fsp3) is 0.750. The zero-order valence-electron chi connectivity index (χ0n) is 16.8. The maximum atomic E-state index is 13.2. The first-order valence-corrected chi connectivity index (χ1v) is 11.2. The van der Waals surface area contributed by atoms with Crippen LogP contribution >= 0.6 is 11.3 Å². The van der Waals surface area contributed by atoms with Crippen molar-refractivity contribution in [3.8, 4) is 0 Å². The molecule has 1 aromatic heterocycles. The van der Waals surface area contributed by atoms with E-state index in [9.17, 15) is 9.59 Å². The molecular formula is C20H33N3O3S. The Morgan fingerprint density at radius 2 is 1.89 bits per heavy atom. The fourth-order valence-corrected chi connectivity index (χ4v) is 4.53. The van der Waals surface area contributed by atoms with Gasteiger partial charge in [0.2, 0.25) is 0 Å². The molecular weight excluding hydrogens is 362 g/mol. The molecule has 1 saturated carbocycles. The van der Waals surface area contributed by atoms with Crippen LogP contribution in [0.15, 0.2) is 5.38 Å². The van der Waals surface area contributed by atoms with Gasteiger partial charge in [0.05, 0.1) is 6.61 Å². The van der Waals surface area contributed by atoms with Crippen LogP contribution in [0.1, 0.15) is 89.0 Å². The van der Waals surface area contributed by atoms with Crippen LogP contribution in [0.5, 0.6) is 0 Å². The van der Waals surface area contributed by atoms with Crippen molar-refractivity contribution in [3.05, 3.63) is 11.1 Å². The highest BCUT2D eigenvalue weighted by Gasteiger charge is 2.31. The number of nitrogens with zero attached hydrogens (tertiary/aromatic N) is 2. The lowest BCUT2D eigenvalue weighted by molar-refractivity contribution is 0.0520. The summed E-state index contributed by atoms with van der Waals surface area (Å²) in [6.07, 6.45) is 9.93. The second-order valence-corrected chi connectivity index (χ2v) is 7.98. The van der Waals surface area contributed by atoms with Crippen LogP contribution in [0.4, 0.5) is 9.93 Å². The summed E-state index contributed by atoms with van der Waals surface area (Å²) in [4.78, 5) is 31.3. The summed E-state index contributed by atoms with van der Waals surface area (Å²) < 4.78 is 4.97. The van der Waals surface area contributed by atoms with Crippen LogP contribution in [0.25, 0.3) is 0 Å². The number of ether oxygens (including phenoxy) is 1. The van der Waals surface area contributed by atoms with E-state index in [0.717, 1.165) is 38.5 Å². The number of urea groups is 1. The number of nitrogens with one attached hydrogen (secondary N) is 1. The van der Waals surface area contributed by atoms with E-state index in [1.54, 1.807) is 12.3 Å². The summed E-state index contributed by atoms with van der Waals surface area (Å²) in [5, 5.41) is 5.03. The molecule has 1 N–H and O–H groups in total. The largest absolute Gasteiger partial charge is 0.461 e. The molecule has 6 nitrogen and oxygen atoms in total. The van der Waals surface area contributed by atoms with E-state index in [1.165, 1.54) is 30.6 Å². The van der Waals surface area contributed by atoms with E-state index >= 15 is 0 Å². The Labute approximate surface area is 166 Å². The van der Waals surface area contributed by atoms with Crippen molar-refractivity contribution in [1.82, 2.24) is 9.88 Å². The molecule has 7 heteroatoms. The van der Waals surface area contributed by atoms with Crippen molar-refractivity contribution in [2.75, 3.05) is 11.9 Å². The molecule has 0 bridgehead atoms. The Hall–Kier alpha value is -1.63. The van der Waals surface area contributed by atoms with Crippen molar-refractivity contribution < 1.29 is 14.3 Å². The molecule has 2 rings (SSSR count). The number of anilines is 1. The third-order valence-electron chi connectivity index (χ3n) is 5.04. The minimum Gasteiger partial charge on any atom is -0.461 e. The molecule has 0 aliphatic heterocycles. The molecule has 0 unspecified atom stereocenters. The number of rotatable bonds is 9. The number of thiazole rings is 1. The number of carbonyl (C=O) groups excluding carboxylic acids is 2. The van der Waals surface area contributed by atoms with Gasteiger partial charge in [0, 0.05) is 17.5 Å². The molecule has 0 spiro atoms. The molecule has 152 valence electrons. The molecule has 1 aliphatic rings. The van der Waals surface area contributed by atoms with E-state index < -0.39 is 5.97 Å². The van der Waals surface area contributed by atoms with E-state index in [1.807, 2.05) is 0 Å². The first kappa shape index (κ1) is 21.7. The summed E-state index contributed by atoms with van der Waals surface area (Å²) in [5.41, 5.74) is 0.250. The Balaban J connectivity index is 2.13. The van der Waals surface area contributed by atoms with Gasteiger partial charge in [-0.15, -0.1) is 11.3 Å². The molecule has 0 atom stereocenters. The highest BCUT2D eigenvalue weighted by molar-refractivity contribution is 7.14. The van der Waals surface area contributed by atoms with Crippen LogP contribution in [0.2, 0.25) is 0 Å². The third-order valence-corrected chi connectivity index (χ3v) is 5.80. The summed E-state index contributed by atoms with van der Waals surface area (Å²) in [5.74, 6) is -0.451. The van der Waals surface area contributed by atoms with Gasteiger partial charge in [-0.05, 0) is 32.6 Å². The van der Waals surface area contributed by atoms with Gasteiger partial charge < -0.3 is 9.64 Å². The third kappa shape index (κ3) is 6.19. The summed E-state index contributed by atoms with van der Waals surface area (Å²) in [6, 6.07) is 0.470. The number of hydrogen-bond acceptors (Lipinski definition) is 5. The number of carbonyl (C=O) groups is 2. The molecule has 0 saturated heterocycles. The van der Waals surface area contributed by atoms with Gasteiger partial charge in [-0.2, -0.15) is 0 Å². The lowest BCUT2D eigenvalue weighted by atomic mass is 9.92. The van der Waals surface area contributed by atoms with E-state index in [2.05, 4.69) is 29.0 Å². The maximum Gasteiger partial charge on any atom is 0.357 e. The van der Waals surface area contributed by atoms with E-state index in [-0.39, 0.29) is 17.8 Å². The Morgan fingerprint density at radius 3 is 2.48 bits per heavy atom. The normalized spacial score (nSPS) is 15.0. The average molecular weight is 396 g/mol. The first-order valence-electron chi connectivity index (χ1n) is 10.3. The smallest absolute Gasteiger partial charge is 0.357 e. The van der Waals surface area contributed by atoms with Gasteiger partial charge in [-0.3, -0.25) is 5.32 Å². The molecule has 1 heterocycles. The second kappa shape index (κ2) is 11.3. The fourth-order valence-electron chi connectivity index (χ4n) is 3.86. The second-order valence-electron chi connectivity index (χ2n) is 7.12. The lowest BCUT2D eigenvalue weighted by Crippen LogP contribution is -2.50. The standard InChI is InChI=1S/C20H33N3O3S/c1-4-10-15(11-5-2)23(16-12-8-7-9-13-16)20(25)22-19-21-17(14-27-19)18(24)26-6-3/h14-16H,4-13H2,1-3H3,(H,21,22,25). The number of esters is 1. The molecule has 1 aromatic rings. The summed E-state index contributed by atoms with van der Waals surface area (Å²) >= 11 is 1.26. The molecule has 27 heavy (non-hydrogen) atoms. The molecule has 0 radical (unpaired) electrons. The Bertz CT molecular complexity index is 593. The summed E-state index contributed by atoms with van der Waals surface area (Å²) in [7, 11) is 0. The number of aromatic nitrogens is 1. The van der Waals surface area contributed by atoms with Crippen molar-refractivity contribution in [3.63, 3.8) is 0 Å². The van der Waals surface area contributed by atoms with Crippen molar-refractivity contribution >= 4 is 28.5 Å². The molecule has 0 aromatic carbocycles. The molecule has 2 amide bonds. The maximum absolute atomic E-state index is 13.2. The quantitative estimate of drug-likeness (QED) is 0.564. The van der Waals surface area contributed by atoms with Gasteiger partial charge in [-0.1, -0.05) is 46.0 Å². The Kier molecular flexibility index (Phi) is 9.04. The Morgan fingerprint density at radius 1 is 1.22 bits per heavy atom. The van der Waals surface area contributed by atoms with Crippen LogP contribution < -0.4 is 5.32 Å². The van der Waals surface area contributed by atoms with E-state index in [0.29, 0.717) is 17.8 Å². The minimum atomic E-state index is -0.451. The summed E-state index contributed by atoms with van der Waals surface area (Å²) in [6.45, 7) is 6.41. The highest BCUT2D eigenvalue weighted by atomic mass is 32.1. The van der Waals surface area contributed by atoms with Crippen LogP contribution in [0.3, 0.4) is 0 Å². The monoisotopic (exact) mass is 395 g/mol. The van der Waals surface area contributed by atoms with Crippen LogP contribution in [0, 0.1) is 0 Å². The van der Waals surface area contributed by atoms with Gasteiger partial charge in [0.15, 0.2) is 10.8 Å². The zero-order chi connectivity index (χ0) is 19.6. The van der Waals surface area contributed by atoms with Gasteiger partial charge in [0.1, 0.15) is 0 Å². The van der Waals surface area contributed by atoms with E-state index in [4.69, 9.17) is 4.74 Å². The predicted molar refractivity (Wildman–Crippen MR) is 109 cm³/mol. The highest BCUT2D eigenvalue weighted by Crippen LogP contribution is 2.28. The topological polar surface area (TPSA) is 71.5 Å². The molecule has 1 fully saturated rings. The van der Waals surface area contributed by atoms with Crippen molar-refractivity contribution in [2.45, 2.75) is 90.6 Å². The zero-order valence-corrected chi connectivity index (χ0v) is 17.6. The van der Waals surface area contributed by atoms with Crippen molar-refractivity contribution in [1.29, 1.82) is 0 Å². The van der Waals surface area contributed by atoms with Gasteiger partial charge >= 0.3 is 12.0 Å². The lowest BCUT2D eigenvalue weighted by Gasteiger charge is -2.40. The van der Waals surface area contributed by atoms with Gasteiger partial charge in [-0.25, -0.2) is 14.6 Å². The van der Waals surface area contributed by atoms with Gasteiger partial charge in [0.25, 0.3) is 0 Å². The predicted octanol–water partition coefficient (Wildman–Crippen LogP) is 5.46. The minimum absolute atomic E-state index is 0.0847. The molecule has 1 aliphatic carbocycles. The van der Waals surface area contributed by atoms with Crippen LogP contribution in [-0.2, 0) is 4.74 Å². The first-order chi connectivity index (χ1) is 13.1.